The molecular weight excluding hydrogens is 462 g/mol. The quantitative estimate of drug-likeness (QED) is 0.261. The predicted molar refractivity (Wildman–Crippen MR) is 150 cm³/mol. The molecule has 5 rings (SSSR count). The average Bonchev–Trinajstić information content (AvgIpc) is 2.93. The summed E-state index contributed by atoms with van der Waals surface area (Å²) >= 11 is 0. The highest BCUT2D eigenvalue weighted by Gasteiger charge is 2.19. The molecule has 0 saturated carbocycles. The number of para-hydroxylation sites is 2. The van der Waals surface area contributed by atoms with Crippen molar-refractivity contribution in [2.75, 3.05) is 24.4 Å². The Balaban J connectivity index is 1.45. The van der Waals surface area contributed by atoms with Gasteiger partial charge in [0.15, 0.2) is 0 Å². The fraction of sp³-hybridized carbons (Fsp3) is 0.226. The van der Waals surface area contributed by atoms with Crippen molar-refractivity contribution < 1.29 is 14.3 Å². The van der Waals surface area contributed by atoms with Crippen LogP contribution in [0.5, 0.6) is 11.5 Å². The summed E-state index contributed by atoms with van der Waals surface area (Å²) in [4.78, 5) is 17.7. The number of ether oxygens (including phenoxy) is 2. The number of hydrogen-bond donors (Lipinski definition) is 2. The first-order chi connectivity index (χ1) is 18.1. The van der Waals surface area contributed by atoms with E-state index in [1.807, 2.05) is 73.7 Å². The highest BCUT2D eigenvalue weighted by atomic mass is 16.5. The van der Waals surface area contributed by atoms with Crippen LogP contribution in [-0.2, 0) is 17.6 Å². The van der Waals surface area contributed by atoms with Crippen molar-refractivity contribution in [3.8, 4) is 11.5 Å². The number of carbonyl (C=O) groups excluding carboxylic acids is 1. The van der Waals surface area contributed by atoms with Gasteiger partial charge in [-0.1, -0.05) is 24.3 Å². The van der Waals surface area contributed by atoms with Crippen molar-refractivity contribution in [2.45, 2.75) is 32.6 Å². The van der Waals surface area contributed by atoms with Crippen molar-refractivity contribution >= 4 is 39.9 Å². The summed E-state index contributed by atoms with van der Waals surface area (Å²) in [7, 11) is 1.68. The van der Waals surface area contributed by atoms with Gasteiger partial charge in [-0.3, -0.25) is 9.78 Å². The number of aryl methyl sites for hydroxylation is 1. The standard InChI is InChI=1S/C31H31N3O3/c1-3-37-23-10-8-9-21(19-23)15-18-30(35)32-22-16-17-27-25(20-22)31(24-11-4-5-12-26(24)33-27)34-28-13-6-7-14-29(28)36-2/h6-10,13-20H,3-5,11-12H2,1-2H3,(H,32,35)(H,33,34)/b18-15+. The van der Waals surface area contributed by atoms with Crippen LogP contribution in [0.25, 0.3) is 17.0 Å². The van der Waals surface area contributed by atoms with E-state index in [1.165, 1.54) is 11.6 Å². The molecule has 1 amide bonds. The number of anilines is 3. The number of nitrogens with one attached hydrogen (secondary N) is 2. The summed E-state index contributed by atoms with van der Waals surface area (Å²) in [6, 6.07) is 21.4. The Morgan fingerprint density at radius 1 is 1.03 bits per heavy atom. The van der Waals surface area contributed by atoms with Crippen LogP contribution >= 0.6 is 0 Å². The molecule has 2 N–H and O–H groups in total. The molecule has 0 aliphatic heterocycles. The molecule has 37 heavy (non-hydrogen) atoms. The van der Waals surface area contributed by atoms with Crippen LogP contribution in [0.15, 0.2) is 72.8 Å². The number of aromatic nitrogens is 1. The minimum atomic E-state index is -0.202. The molecule has 1 heterocycles. The Bertz CT molecular complexity index is 1460. The van der Waals surface area contributed by atoms with Gasteiger partial charge in [-0.15, -0.1) is 0 Å². The van der Waals surface area contributed by atoms with Gasteiger partial charge in [-0.25, -0.2) is 0 Å². The van der Waals surface area contributed by atoms with Gasteiger partial charge in [0, 0.05) is 22.8 Å². The highest BCUT2D eigenvalue weighted by molar-refractivity contribution is 6.04. The third-order valence-corrected chi connectivity index (χ3v) is 6.49. The lowest BCUT2D eigenvalue weighted by Gasteiger charge is -2.22. The Hall–Kier alpha value is -4.32. The molecule has 1 aromatic heterocycles. The maximum Gasteiger partial charge on any atom is 0.248 e. The molecule has 0 bridgehead atoms. The summed E-state index contributed by atoms with van der Waals surface area (Å²) in [6.07, 6.45) is 7.54. The van der Waals surface area contributed by atoms with Crippen molar-refractivity contribution in [2.24, 2.45) is 0 Å². The van der Waals surface area contributed by atoms with Crippen LogP contribution in [0.1, 0.15) is 36.6 Å². The summed E-state index contributed by atoms with van der Waals surface area (Å²) in [6.45, 7) is 2.55. The van der Waals surface area contributed by atoms with Gasteiger partial charge >= 0.3 is 0 Å². The maximum atomic E-state index is 12.7. The van der Waals surface area contributed by atoms with Gasteiger partial charge in [-0.05, 0) is 92.3 Å². The van der Waals surface area contributed by atoms with Gasteiger partial charge in [0.25, 0.3) is 0 Å². The third-order valence-electron chi connectivity index (χ3n) is 6.49. The average molecular weight is 494 g/mol. The second-order valence-corrected chi connectivity index (χ2v) is 9.00. The Labute approximate surface area is 217 Å². The molecule has 0 radical (unpaired) electrons. The molecular formula is C31H31N3O3. The zero-order valence-corrected chi connectivity index (χ0v) is 21.2. The molecule has 0 atom stereocenters. The minimum Gasteiger partial charge on any atom is -0.495 e. The molecule has 3 aromatic carbocycles. The predicted octanol–water partition coefficient (Wildman–Crippen LogP) is 6.92. The van der Waals surface area contributed by atoms with E-state index in [-0.39, 0.29) is 5.91 Å². The molecule has 0 fully saturated rings. The topological polar surface area (TPSA) is 72.5 Å². The molecule has 188 valence electrons. The molecule has 0 spiro atoms. The molecule has 6 heteroatoms. The number of rotatable bonds is 8. The van der Waals surface area contributed by atoms with E-state index < -0.39 is 0 Å². The highest BCUT2D eigenvalue weighted by Crippen LogP contribution is 2.38. The number of amides is 1. The summed E-state index contributed by atoms with van der Waals surface area (Å²) in [5.41, 5.74) is 6.83. The first-order valence-corrected chi connectivity index (χ1v) is 12.7. The van der Waals surface area contributed by atoms with Crippen molar-refractivity contribution in [3.63, 3.8) is 0 Å². The monoisotopic (exact) mass is 493 g/mol. The lowest BCUT2D eigenvalue weighted by atomic mass is 9.92. The summed E-state index contributed by atoms with van der Waals surface area (Å²) in [5, 5.41) is 7.60. The van der Waals surface area contributed by atoms with Crippen LogP contribution in [0, 0.1) is 0 Å². The number of pyridine rings is 1. The third kappa shape index (κ3) is 5.59. The fourth-order valence-corrected chi connectivity index (χ4v) is 4.76. The van der Waals surface area contributed by atoms with Crippen molar-refractivity contribution in [1.29, 1.82) is 0 Å². The van der Waals surface area contributed by atoms with Gasteiger partial charge in [-0.2, -0.15) is 0 Å². The number of benzene rings is 3. The van der Waals surface area contributed by atoms with Crippen LogP contribution in [0.4, 0.5) is 17.1 Å². The van der Waals surface area contributed by atoms with Crippen LogP contribution < -0.4 is 20.1 Å². The number of nitrogens with zero attached hydrogens (tertiary/aromatic N) is 1. The van der Waals surface area contributed by atoms with Gasteiger partial charge in [0.05, 0.1) is 30.6 Å². The normalized spacial score (nSPS) is 12.8. The van der Waals surface area contributed by atoms with Gasteiger partial charge in [0.2, 0.25) is 5.91 Å². The molecule has 1 aliphatic rings. The SMILES string of the molecule is CCOc1cccc(/C=C/C(=O)Nc2ccc3nc4c(c(Nc5ccccc5OC)c3c2)CCCC4)c1. The lowest BCUT2D eigenvalue weighted by molar-refractivity contribution is -0.111. The molecule has 6 nitrogen and oxygen atoms in total. The Morgan fingerprint density at radius 3 is 2.76 bits per heavy atom. The van der Waals surface area contributed by atoms with E-state index in [0.717, 1.165) is 70.7 Å². The fourth-order valence-electron chi connectivity index (χ4n) is 4.76. The van der Waals surface area contributed by atoms with Crippen LogP contribution in [-0.4, -0.2) is 24.6 Å². The van der Waals surface area contributed by atoms with E-state index in [2.05, 4.69) is 10.6 Å². The summed E-state index contributed by atoms with van der Waals surface area (Å²) < 4.78 is 11.1. The number of hydrogen-bond acceptors (Lipinski definition) is 5. The van der Waals surface area contributed by atoms with E-state index in [9.17, 15) is 4.79 Å². The van der Waals surface area contributed by atoms with Crippen molar-refractivity contribution in [3.05, 3.63) is 89.6 Å². The Morgan fingerprint density at radius 2 is 1.89 bits per heavy atom. The van der Waals surface area contributed by atoms with E-state index in [0.29, 0.717) is 12.3 Å². The molecule has 0 unspecified atom stereocenters. The zero-order chi connectivity index (χ0) is 25.6. The molecule has 4 aromatic rings. The minimum absolute atomic E-state index is 0.202. The Kier molecular flexibility index (Phi) is 7.36. The lowest BCUT2D eigenvalue weighted by Crippen LogP contribution is -2.11. The number of fused-ring (bicyclic) bond motifs is 2. The van der Waals surface area contributed by atoms with Crippen molar-refractivity contribution in [1.82, 2.24) is 4.98 Å². The van der Waals surface area contributed by atoms with E-state index >= 15 is 0 Å². The second-order valence-electron chi connectivity index (χ2n) is 9.00. The van der Waals surface area contributed by atoms with Gasteiger partial charge < -0.3 is 20.1 Å². The van der Waals surface area contributed by atoms with Crippen LogP contribution in [0.3, 0.4) is 0 Å². The number of methoxy groups -OCH3 is 1. The second kappa shape index (κ2) is 11.2. The smallest absolute Gasteiger partial charge is 0.248 e. The number of carbonyl (C=O) groups is 1. The maximum absolute atomic E-state index is 12.7. The summed E-state index contributed by atoms with van der Waals surface area (Å²) in [5.74, 6) is 1.36. The van der Waals surface area contributed by atoms with Gasteiger partial charge in [0.1, 0.15) is 11.5 Å². The largest absolute Gasteiger partial charge is 0.495 e. The van der Waals surface area contributed by atoms with Crippen LogP contribution in [0.2, 0.25) is 0 Å². The molecule has 1 aliphatic carbocycles. The van der Waals surface area contributed by atoms with E-state index in [1.54, 1.807) is 13.2 Å². The zero-order valence-electron chi connectivity index (χ0n) is 21.2. The first-order valence-electron chi connectivity index (χ1n) is 12.7. The first kappa shape index (κ1) is 24.4. The van der Waals surface area contributed by atoms with E-state index in [4.69, 9.17) is 14.5 Å². The molecule has 0 saturated heterocycles.